The SMILES string of the molecule is C=C(COCc1cccc(Cl)c1)ON1C=CC=CC1. The number of hydrogen-bond acceptors (Lipinski definition) is 3. The van der Waals surface area contributed by atoms with Crippen LogP contribution in [0.15, 0.2) is 61.0 Å². The molecule has 2 rings (SSSR count). The van der Waals surface area contributed by atoms with Crippen LogP contribution in [0, 0.1) is 0 Å². The Labute approximate surface area is 118 Å². The number of hydrogen-bond donors (Lipinski definition) is 0. The minimum Gasteiger partial charge on any atom is -0.382 e. The van der Waals surface area contributed by atoms with E-state index in [1.54, 1.807) is 5.06 Å². The highest BCUT2D eigenvalue weighted by atomic mass is 35.5. The summed E-state index contributed by atoms with van der Waals surface area (Å²) in [7, 11) is 0. The lowest BCUT2D eigenvalue weighted by Crippen LogP contribution is -2.20. The zero-order valence-electron chi connectivity index (χ0n) is 10.6. The first-order valence-electron chi connectivity index (χ1n) is 6.02. The van der Waals surface area contributed by atoms with E-state index in [4.69, 9.17) is 21.2 Å². The highest BCUT2D eigenvalue weighted by Gasteiger charge is 2.04. The molecule has 3 nitrogen and oxygen atoms in total. The molecule has 0 N–H and O–H groups in total. The predicted molar refractivity (Wildman–Crippen MR) is 76.3 cm³/mol. The predicted octanol–water partition coefficient (Wildman–Crippen LogP) is 3.69. The maximum atomic E-state index is 5.90. The van der Waals surface area contributed by atoms with Crippen molar-refractivity contribution in [2.45, 2.75) is 6.61 Å². The number of allylic oxidation sites excluding steroid dienone is 2. The zero-order valence-corrected chi connectivity index (χ0v) is 11.3. The summed E-state index contributed by atoms with van der Waals surface area (Å²) in [6, 6.07) is 7.58. The molecule has 0 saturated carbocycles. The average molecular weight is 278 g/mol. The summed E-state index contributed by atoms with van der Waals surface area (Å²) in [5.41, 5.74) is 1.03. The van der Waals surface area contributed by atoms with Gasteiger partial charge in [-0.15, -0.1) is 0 Å². The zero-order chi connectivity index (χ0) is 13.5. The summed E-state index contributed by atoms with van der Waals surface area (Å²) in [4.78, 5) is 5.50. The van der Waals surface area contributed by atoms with Crippen molar-refractivity contribution in [3.05, 3.63) is 71.6 Å². The van der Waals surface area contributed by atoms with Crippen molar-refractivity contribution in [3.63, 3.8) is 0 Å². The van der Waals surface area contributed by atoms with E-state index in [2.05, 4.69) is 6.58 Å². The van der Waals surface area contributed by atoms with Crippen LogP contribution in [0.4, 0.5) is 0 Å². The number of ether oxygens (including phenoxy) is 1. The Morgan fingerprint density at radius 1 is 1.37 bits per heavy atom. The fourth-order valence-corrected chi connectivity index (χ4v) is 1.83. The Morgan fingerprint density at radius 2 is 2.26 bits per heavy atom. The van der Waals surface area contributed by atoms with Crippen LogP contribution in [0.5, 0.6) is 0 Å². The molecule has 1 aliphatic heterocycles. The molecule has 0 unspecified atom stereocenters. The van der Waals surface area contributed by atoms with Crippen LogP contribution in [-0.4, -0.2) is 18.2 Å². The van der Waals surface area contributed by atoms with E-state index in [1.807, 2.05) is 48.7 Å². The molecule has 0 radical (unpaired) electrons. The third-order valence-electron chi connectivity index (χ3n) is 2.45. The van der Waals surface area contributed by atoms with E-state index in [-0.39, 0.29) is 0 Å². The summed E-state index contributed by atoms with van der Waals surface area (Å²) in [5.74, 6) is 0.571. The number of halogens is 1. The minimum atomic E-state index is 0.348. The maximum Gasteiger partial charge on any atom is 0.150 e. The van der Waals surface area contributed by atoms with Crippen molar-refractivity contribution in [1.29, 1.82) is 0 Å². The van der Waals surface area contributed by atoms with Gasteiger partial charge in [0, 0.05) is 11.2 Å². The molecule has 0 aromatic heterocycles. The first kappa shape index (κ1) is 13.7. The monoisotopic (exact) mass is 277 g/mol. The van der Waals surface area contributed by atoms with Gasteiger partial charge in [0.25, 0.3) is 0 Å². The Morgan fingerprint density at radius 3 is 3.00 bits per heavy atom. The van der Waals surface area contributed by atoms with Crippen LogP contribution >= 0.6 is 11.6 Å². The van der Waals surface area contributed by atoms with Gasteiger partial charge >= 0.3 is 0 Å². The van der Waals surface area contributed by atoms with Crippen molar-refractivity contribution < 1.29 is 9.57 Å². The Bertz CT molecular complexity index is 497. The highest BCUT2D eigenvalue weighted by Crippen LogP contribution is 2.12. The molecular weight excluding hydrogens is 262 g/mol. The molecular formula is C15H16ClNO2. The third-order valence-corrected chi connectivity index (χ3v) is 2.69. The topological polar surface area (TPSA) is 21.7 Å². The lowest BCUT2D eigenvalue weighted by Gasteiger charge is -2.21. The lowest BCUT2D eigenvalue weighted by molar-refractivity contribution is -0.0831. The molecule has 4 heteroatoms. The second-order valence-electron chi connectivity index (χ2n) is 4.12. The molecule has 0 bridgehead atoms. The first-order chi connectivity index (χ1) is 9.24. The van der Waals surface area contributed by atoms with E-state index in [9.17, 15) is 0 Å². The summed E-state index contributed by atoms with van der Waals surface area (Å²) >= 11 is 5.90. The molecule has 0 spiro atoms. The van der Waals surface area contributed by atoms with Crippen molar-refractivity contribution in [2.75, 3.05) is 13.2 Å². The molecule has 1 aromatic carbocycles. The van der Waals surface area contributed by atoms with E-state index in [1.165, 1.54) is 0 Å². The van der Waals surface area contributed by atoms with Gasteiger partial charge in [-0.3, -0.25) is 0 Å². The van der Waals surface area contributed by atoms with Crippen LogP contribution in [0.25, 0.3) is 0 Å². The fourth-order valence-electron chi connectivity index (χ4n) is 1.62. The van der Waals surface area contributed by atoms with Gasteiger partial charge in [-0.05, 0) is 23.8 Å². The van der Waals surface area contributed by atoms with E-state index < -0.39 is 0 Å². The maximum absolute atomic E-state index is 5.90. The van der Waals surface area contributed by atoms with Gasteiger partial charge in [0.05, 0.1) is 13.2 Å². The second-order valence-corrected chi connectivity index (χ2v) is 4.56. The van der Waals surface area contributed by atoms with Gasteiger partial charge in [0.2, 0.25) is 0 Å². The second kappa shape index (κ2) is 7.02. The van der Waals surface area contributed by atoms with E-state index >= 15 is 0 Å². The van der Waals surface area contributed by atoms with Crippen molar-refractivity contribution in [1.82, 2.24) is 5.06 Å². The Kier molecular flexibility index (Phi) is 5.07. The molecule has 0 amide bonds. The fraction of sp³-hybridized carbons (Fsp3) is 0.200. The third kappa shape index (κ3) is 4.81. The average Bonchev–Trinajstić information content (AvgIpc) is 2.40. The largest absolute Gasteiger partial charge is 0.382 e. The van der Waals surface area contributed by atoms with Crippen LogP contribution in [0.2, 0.25) is 5.02 Å². The Hall–Kier alpha value is -1.71. The molecule has 0 atom stereocenters. The van der Waals surface area contributed by atoms with Gasteiger partial charge in [-0.2, -0.15) is 0 Å². The van der Waals surface area contributed by atoms with Crippen molar-refractivity contribution >= 4 is 11.6 Å². The molecule has 0 fully saturated rings. The summed E-state index contributed by atoms with van der Waals surface area (Å²) < 4.78 is 5.53. The summed E-state index contributed by atoms with van der Waals surface area (Å²) in [6.45, 7) is 5.37. The summed E-state index contributed by atoms with van der Waals surface area (Å²) in [5, 5.41) is 2.41. The number of nitrogens with zero attached hydrogens (tertiary/aromatic N) is 1. The Balaban J connectivity index is 1.69. The number of rotatable bonds is 6. The molecule has 1 heterocycles. The van der Waals surface area contributed by atoms with Crippen LogP contribution in [0.3, 0.4) is 0 Å². The van der Waals surface area contributed by atoms with Crippen molar-refractivity contribution in [2.24, 2.45) is 0 Å². The van der Waals surface area contributed by atoms with Gasteiger partial charge < -0.3 is 9.57 Å². The molecule has 0 aliphatic carbocycles. The standard InChI is InChI=1S/C15H16ClNO2/c1-13(19-17-8-3-2-4-9-17)11-18-12-14-6-5-7-15(16)10-14/h2-8,10H,1,9,11-12H2. The molecule has 100 valence electrons. The molecule has 19 heavy (non-hydrogen) atoms. The van der Waals surface area contributed by atoms with Gasteiger partial charge in [-0.25, -0.2) is 5.06 Å². The minimum absolute atomic E-state index is 0.348. The highest BCUT2D eigenvalue weighted by molar-refractivity contribution is 6.30. The molecule has 1 aromatic rings. The lowest BCUT2D eigenvalue weighted by atomic mass is 10.2. The van der Waals surface area contributed by atoms with E-state index in [0.29, 0.717) is 30.5 Å². The normalized spacial score (nSPS) is 13.6. The number of hydroxylamine groups is 2. The van der Waals surface area contributed by atoms with E-state index in [0.717, 1.165) is 5.56 Å². The van der Waals surface area contributed by atoms with Crippen molar-refractivity contribution in [3.8, 4) is 0 Å². The number of benzene rings is 1. The quantitative estimate of drug-likeness (QED) is 0.740. The van der Waals surface area contributed by atoms with Gasteiger partial charge in [0.1, 0.15) is 6.61 Å². The van der Waals surface area contributed by atoms with Crippen LogP contribution in [-0.2, 0) is 16.2 Å². The van der Waals surface area contributed by atoms with Gasteiger partial charge in [-0.1, -0.05) is 42.5 Å². The van der Waals surface area contributed by atoms with Crippen LogP contribution in [0.1, 0.15) is 5.56 Å². The molecule has 0 saturated heterocycles. The molecule has 1 aliphatic rings. The van der Waals surface area contributed by atoms with Crippen LogP contribution < -0.4 is 0 Å². The summed E-state index contributed by atoms with van der Waals surface area (Å²) in [6.07, 6.45) is 7.73. The smallest absolute Gasteiger partial charge is 0.150 e. The first-order valence-corrected chi connectivity index (χ1v) is 6.40. The van der Waals surface area contributed by atoms with Gasteiger partial charge in [0.15, 0.2) is 5.76 Å².